The zero-order chi connectivity index (χ0) is 21.0. The molecule has 0 heterocycles. The van der Waals surface area contributed by atoms with Gasteiger partial charge in [-0.25, -0.2) is 9.18 Å². The van der Waals surface area contributed by atoms with Crippen LogP contribution in [0.15, 0.2) is 42.5 Å². The molecule has 2 aliphatic rings. The van der Waals surface area contributed by atoms with Crippen molar-refractivity contribution in [1.82, 2.24) is 0 Å². The molecule has 1 saturated carbocycles. The maximum Gasteiger partial charge on any atom is 0.337 e. The van der Waals surface area contributed by atoms with Crippen molar-refractivity contribution in [2.24, 2.45) is 16.7 Å². The van der Waals surface area contributed by atoms with Crippen molar-refractivity contribution < 1.29 is 18.7 Å². The van der Waals surface area contributed by atoms with Crippen LogP contribution < -0.4 is 4.74 Å². The number of rotatable bonds is 4. The molecule has 152 valence electrons. The van der Waals surface area contributed by atoms with Crippen LogP contribution in [0.5, 0.6) is 5.75 Å². The molecule has 3 nitrogen and oxygen atoms in total. The highest BCUT2D eigenvalue weighted by atomic mass is 19.1. The number of ether oxygens (including phenoxy) is 2. The Labute approximate surface area is 171 Å². The molecule has 0 aromatic heterocycles. The molecule has 0 N–H and O–H groups in total. The highest BCUT2D eigenvalue weighted by molar-refractivity contribution is 5.94. The normalized spacial score (nSPS) is 24.3. The van der Waals surface area contributed by atoms with Crippen LogP contribution in [0.25, 0.3) is 16.7 Å². The van der Waals surface area contributed by atoms with Crippen LogP contribution >= 0.6 is 0 Å². The fourth-order valence-electron chi connectivity index (χ4n) is 5.17. The van der Waals surface area contributed by atoms with E-state index in [1.807, 2.05) is 12.1 Å². The van der Waals surface area contributed by atoms with Gasteiger partial charge in [-0.1, -0.05) is 32.9 Å². The number of hydrogen-bond donors (Lipinski definition) is 0. The second kappa shape index (κ2) is 6.72. The van der Waals surface area contributed by atoms with Crippen LogP contribution in [0.3, 0.4) is 0 Å². The van der Waals surface area contributed by atoms with E-state index in [0.29, 0.717) is 22.8 Å². The second-order valence-corrected chi connectivity index (χ2v) is 8.88. The van der Waals surface area contributed by atoms with Gasteiger partial charge >= 0.3 is 5.97 Å². The first-order chi connectivity index (χ1) is 13.7. The maximum atomic E-state index is 14.9. The highest BCUT2D eigenvalue weighted by Gasteiger charge is 2.57. The van der Waals surface area contributed by atoms with Gasteiger partial charge in [-0.3, -0.25) is 0 Å². The van der Waals surface area contributed by atoms with Crippen LogP contribution in [-0.2, 0) is 4.74 Å². The first-order valence-electron chi connectivity index (χ1n) is 10.0. The van der Waals surface area contributed by atoms with E-state index in [1.165, 1.54) is 18.7 Å². The fourth-order valence-corrected chi connectivity index (χ4v) is 5.17. The molecular weight excluding hydrogens is 367 g/mol. The number of halogens is 1. The van der Waals surface area contributed by atoms with E-state index >= 15 is 0 Å². The Morgan fingerprint density at radius 1 is 1.03 bits per heavy atom. The molecule has 29 heavy (non-hydrogen) atoms. The number of hydrogen-bond acceptors (Lipinski definition) is 3. The van der Waals surface area contributed by atoms with E-state index in [4.69, 9.17) is 9.47 Å². The average Bonchev–Trinajstić information content (AvgIpc) is 3.06. The molecule has 0 saturated heterocycles. The predicted octanol–water partition coefficient (Wildman–Crippen LogP) is 6.13. The Balaban J connectivity index is 1.95. The number of carbonyl (C=O) groups excluding carboxylic acids is 1. The van der Waals surface area contributed by atoms with Crippen molar-refractivity contribution in [1.29, 1.82) is 0 Å². The van der Waals surface area contributed by atoms with Gasteiger partial charge in [0.1, 0.15) is 11.6 Å². The van der Waals surface area contributed by atoms with Crippen LogP contribution in [0.2, 0.25) is 0 Å². The Kier molecular flexibility index (Phi) is 4.56. The van der Waals surface area contributed by atoms with Gasteiger partial charge in [0.05, 0.1) is 19.8 Å². The molecule has 0 amide bonds. The van der Waals surface area contributed by atoms with Gasteiger partial charge in [-0.05, 0) is 76.6 Å². The van der Waals surface area contributed by atoms with Crippen molar-refractivity contribution in [2.75, 3.05) is 14.2 Å². The molecule has 0 spiro atoms. The Morgan fingerprint density at radius 2 is 1.79 bits per heavy atom. The lowest BCUT2D eigenvalue weighted by Crippen LogP contribution is -2.29. The summed E-state index contributed by atoms with van der Waals surface area (Å²) in [6.45, 7) is 6.91. The number of benzene rings is 2. The lowest BCUT2D eigenvalue weighted by atomic mass is 9.65. The second-order valence-electron chi connectivity index (χ2n) is 8.88. The number of fused-ring (bicyclic) bond motifs is 2. The largest absolute Gasteiger partial charge is 0.497 e. The van der Waals surface area contributed by atoms with E-state index in [9.17, 15) is 9.18 Å². The first kappa shape index (κ1) is 19.7. The molecule has 4 rings (SSSR count). The molecule has 4 heteroatoms. The Bertz CT molecular complexity index is 1020. The van der Waals surface area contributed by atoms with E-state index < -0.39 is 5.97 Å². The summed E-state index contributed by atoms with van der Waals surface area (Å²) in [7, 11) is 2.94. The van der Waals surface area contributed by atoms with Crippen molar-refractivity contribution in [3.63, 3.8) is 0 Å². The molecule has 2 bridgehead atoms. The summed E-state index contributed by atoms with van der Waals surface area (Å²) in [6.07, 6.45) is 4.58. The van der Waals surface area contributed by atoms with Crippen LogP contribution in [0.4, 0.5) is 4.39 Å². The van der Waals surface area contributed by atoms with Crippen molar-refractivity contribution in [2.45, 2.75) is 33.6 Å². The lowest BCUT2D eigenvalue weighted by Gasteiger charge is -2.38. The van der Waals surface area contributed by atoms with Gasteiger partial charge in [-0.15, -0.1) is 0 Å². The standard InChI is InChI=1S/C25H27FO3/c1-24(2)16-10-11-25(24,3)21(13-16)19-12-15(23(27)29-5)6-8-18(19)20-14-17(28-4)7-9-22(20)26/h6-9,12-14,16H,10-11H2,1-5H3/t16?,25-/m0/s1. The van der Waals surface area contributed by atoms with E-state index in [-0.39, 0.29) is 16.6 Å². The molecule has 2 aliphatic carbocycles. The van der Waals surface area contributed by atoms with Gasteiger partial charge < -0.3 is 9.47 Å². The van der Waals surface area contributed by atoms with E-state index in [2.05, 4.69) is 26.8 Å². The summed E-state index contributed by atoms with van der Waals surface area (Å²) in [4.78, 5) is 12.2. The molecule has 0 radical (unpaired) electrons. The Hall–Kier alpha value is -2.62. The lowest BCUT2D eigenvalue weighted by molar-refractivity contribution is 0.0600. The van der Waals surface area contributed by atoms with Gasteiger partial charge in [-0.2, -0.15) is 0 Å². The maximum absolute atomic E-state index is 14.9. The molecule has 1 unspecified atom stereocenters. The van der Waals surface area contributed by atoms with Gasteiger partial charge in [0.15, 0.2) is 0 Å². The fraction of sp³-hybridized carbons (Fsp3) is 0.400. The first-order valence-corrected chi connectivity index (χ1v) is 10.0. The van der Waals surface area contributed by atoms with Crippen molar-refractivity contribution in [3.05, 3.63) is 59.4 Å². The summed E-state index contributed by atoms with van der Waals surface area (Å²) in [5, 5.41) is 0. The third-order valence-electron chi connectivity index (χ3n) is 7.46. The smallest absolute Gasteiger partial charge is 0.337 e. The number of methoxy groups -OCH3 is 2. The highest BCUT2D eigenvalue weighted by Crippen LogP contribution is 2.68. The third kappa shape index (κ3) is 2.80. The van der Waals surface area contributed by atoms with Gasteiger partial charge in [0.2, 0.25) is 0 Å². The molecular formula is C25H27FO3. The van der Waals surface area contributed by atoms with E-state index in [0.717, 1.165) is 24.0 Å². The molecule has 2 aromatic carbocycles. The summed E-state index contributed by atoms with van der Waals surface area (Å²) in [5.74, 6) is 0.369. The van der Waals surface area contributed by atoms with Crippen LogP contribution in [0.1, 0.15) is 49.5 Å². The topological polar surface area (TPSA) is 35.5 Å². The van der Waals surface area contributed by atoms with E-state index in [1.54, 1.807) is 25.3 Å². The molecule has 1 fully saturated rings. The molecule has 0 aliphatic heterocycles. The molecule has 2 atom stereocenters. The van der Waals surface area contributed by atoms with Gasteiger partial charge in [0, 0.05) is 5.56 Å². The van der Waals surface area contributed by atoms with Gasteiger partial charge in [0.25, 0.3) is 0 Å². The van der Waals surface area contributed by atoms with Crippen LogP contribution in [0, 0.1) is 22.6 Å². The van der Waals surface area contributed by atoms with Crippen molar-refractivity contribution >= 4 is 11.5 Å². The zero-order valence-corrected chi connectivity index (χ0v) is 17.6. The SMILES string of the molecule is COC(=O)c1ccc(-c2cc(OC)ccc2F)c(C2=CC3CC[C@]2(C)C3(C)C)c1. The minimum atomic E-state index is -0.392. The minimum absolute atomic E-state index is 0.0312. The third-order valence-corrected chi connectivity index (χ3v) is 7.46. The monoisotopic (exact) mass is 394 g/mol. The minimum Gasteiger partial charge on any atom is -0.497 e. The average molecular weight is 394 g/mol. The summed E-state index contributed by atoms with van der Waals surface area (Å²) in [5.41, 5.74) is 3.90. The van der Waals surface area contributed by atoms with Crippen LogP contribution in [-0.4, -0.2) is 20.2 Å². The number of carbonyl (C=O) groups is 1. The zero-order valence-electron chi connectivity index (χ0n) is 17.6. The summed E-state index contributed by atoms with van der Waals surface area (Å²) >= 11 is 0. The number of esters is 1. The summed E-state index contributed by atoms with van der Waals surface area (Å²) in [6, 6.07) is 10.1. The number of allylic oxidation sites excluding steroid dienone is 2. The Morgan fingerprint density at radius 3 is 2.38 bits per heavy atom. The summed E-state index contributed by atoms with van der Waals surface area (Å²) < 4.78 is 25.1. The molecule has 2 aromatic rings. The quantitative estimate of drug-likeness (QED) is 0.586. The predicted molar refractivity (Wildman–Crippen MR) is 112 cm³/mol. The van der Waals surface area contributed by atoms with Crippen molar-refractivity contribution in [3.8, 4) is 16.9 Å².